The fourth-order valence-electron chi connectivity index (χ4n) is 3.77. The molecule has 1 fully saturated rings. The zero-order valence-corrected chi connectivity index (χ0v) is 16.3. The molecule has 2 N–H and O–H groups in total. The predicted octanol–water partition coefficient (Wildman–Crippen LogP) is 4.02. The maximum absolute atomic E-state index is 14.4. The van der Waals surface area contributed by atoms with Gasteiger partial charge in [-0.1, -0.05) is 6.07 Å². The van der Waals surface area contributed by atoms with E-state index in [0.717, 1.165) is 30.2 Å². The summed E-state index contributed by atoms with van der Waals surface area (Å²) in [6, 6.07) is 8.99. The van der Waals surface area contributed by atoms with E-state index in [2.05, 4.69) is 35.5 Å². The normalized spacial score (nSPS) is 15.9. The van der Waals surface area contributed by atoms with Crippen molar-refractivity contribution in [3.63, 3.8) is 0 Å². The highest BCUT2D eigenvalue weighted by molar-refractivity contribution is 5.63. The van der Waals surface area contributed by atoms with Gasteiger partial charge in [0.2, 0.25) is 11.9 Å². The van der Waals surface area contributed by atoms with E-state index in [1.165, 1.54) is 18.5 Å². The Morgan fingerprint density at radius 1 is 1.06 bits per heavy atom. The molecule has 0 amide bonds. The molecule has 4 heterocycles. The van der Waals surface area contributed by atoms with Crippen LogP contribution in [0.15, 0.2) is 55.1 Å². The number of nitrogens with one attached hydrogen (secondary N) is 2. The number of rotatable bonds is 5. The van der Waals surface area contributed by atoms with Crippen LogP contribution in [0.1, 0.15) is 24.4 Å². The van der Waals surface area contributed by atoms with Gasteiger partial charge in [-0.15, -0.1) is 0 Å². The van der Waals surface area contributed by atoms with Crippen LogP contribution in [0.3, 0.4) is 0 Å². The summed E-state index contributed by atoms with van der Waals surface area (Å²) >= 11 is 0. The van der Waals surface area contributed by atoms with Crippen molar-refractivity contribution in [2.75, 3.05) is 16.8 Å². The molecule has 8 nitrogen and oxygen atoms in total. The monoisotopic (exact) mass is 420 g/mol. The SMILES string of the molecule is Fc1ccc(C2CCCN2c2ncnc(Nc3cc(-c4ccncc4)[nH]n3)n2)c(F)c1. The lowest BCUT2D eigenvalue weighted by atomic mass is 10.0. The summed E-state index contributed by atoms with van der Waals surface area (Å²) in [7, 11) is 0. The van der Waals surface area contributed by atoms with Crippen LogP contribution >= 0.6 is 0 Å². The van der Waals surface area contributed by atoms with Crippen molar-refractivity contribution in [1.82, 2.24) is 30.1 Å². The number of hydrogen-bond acceptors (Lipinski definition) is 7. The molecule has 0 spiro atoms. The third-order valence-electron chi connectivity index (χ3n) is 5.20. The number of H-pyrrole nitrogens is 1. The van der Waals surface area contributed by atoms with Gasteiger partial charge >= 0.3 is 0 Å². The highest BCUT2D eigenvalue weighted by atomic mass is 19.1. The van der Waals surface area contributed by atoms with Crippen LogP contribution in [0.25, 0.3) is 11.3 Å². The van der Waals surface area contributed by atoms with Crippen LogP contribution in [0.5, 0.6) is 0 Å². The number of hydrogen-bond donors (Lipinski definition) is 2. The Labute approximate surface area is 176 Å². The Hall–Kier alpha value is -3.95. The molecule has 1 aliphatic rings. The average molecular weight is 420 g/mol. The first kappa shape index (κ1) is 19.0. The Balaban J connectivity index is 1.37. The molecule has 10 heteroatoms. The summed E-state index contributed by atoms with van der Waals surface area (Å²) in [5.41, 5.74) is 2.21. The molecule has 1 aliphatic heterocycles. The number of halogens is 2. The summed E-state index contributed by atoms with van der Waals surface area (Å²) in [5.74, 6) is 0.134. The molecule has 156 valence electrons. The molecule has 0 aliphatic carbocycles. The van der Waals surface area contributed by atoms with Gasteiger partial charge in [-0.05, 0) is 31.0 Å². The Bertz CT molecular complexity index is 1200. The number of anilines is 3. The molecule has 0 saturated carbocycles. The first-order chi connectivity index (χ1) is 15.2. The van der Waals surface area contributed by atoms with Gasteiger partial charge in [0.05, 0.1) is 11.7 Å². The summed E-state index contributed by atoms with van der Waals surface area (Å²) in [5, 5.41) is 10.3. The standard InChI is InChI=1S/C21H18F2N8/c22-14-3-4-15(16(23)10-14)18-2-1-9-31(18)21-26-12-25-20(28-21)27-19-11-17(29-30-19)13-5-7-24-8-6-13/h3-8,10-12,18H,1-2,9H2,(H2,25,26,27,28,29,30). The van der Waals surface area contributed by atoms with Crippen molar-refractivity contribution >= 4 is 17.7 Å². The lowest BCUT2D eigenvalue weighted by molar-refractivity contribution is 0.552. The van der Waals surface area contributed by atoms with Crippen molar-refractivity contribution in [1.29, 1.82) is 0 Å². The third kappa shape index (κ3) is 3.91. The van der Waals surface area contributed by atoms with Gasteiger partial charge in [-0.25, -0.2) is 18.7 Å². The quantitative estimate of drug-likeness (QED) is 0.503. The molecule has 1 unspecified atom stereocenters. The molecule has 1 atom stereocenters. The van der Waals surface area contributed by atoms with E-state index in [1.54, 1.807) is 12.4 Å². The average Bonchev–Trinajstić information content (AvgIpc) is 3.45. The minimum Gasteiger partial charge on any atom is -0.334 e. The highest BCUT2D eigenvalue weighted by Gasteiger charge is 2.30. The van der Waals surface area contributed by atoms with Gasteiger partial charge < -0.3 is 10.2 Å². The lowest BCUT2D eigenvalue weighted by Gasteiger charge is -2.25. The van der Waals surface area contributed by atoms with E-state index in [1.807, 2.05) is 23.1 Å². The summed E-state index contributed by atoms with van der Waals surface area (Å²) in [6.07, 6.45) is 6.39. The maximum Gasteiger partial charge on any atom is 0.233 e. The van der Waals surface area contributed by atoms with Gasteiger partial charge in [0, 0.05) is 42.2 Å². The van der Waals surface area contributed by atoms with Crippen molar-refractivity contribution in [3.05, 3.63) is 72.3 Å². The van der Waals surface area contributed by atoms with E-state index in [0.29, 0.717) is 29.8 Å². The smallest absolute Gasteiger partial charge is 0.233 e. The minimum absolute atomic E-state index is 0.264. The van der Waals surface area contributed by atoms with Gasteiger partial charge in [-0.3, -0.25) is 10.1 Å². The highest BCUT2D eigenvalue weighted by Crippen LogP contribution is 2.36. The number of benzene rings is 1. The van der Waals surface area contributed by atoms with Crippen LogP contribution in [0.4, 0.5) is 26.5 Å². The first-order valence-corrected chi connectivity index (χ1v) is 9.81. The summed E-state index contributed by atoms with van der Waals surface area (Å²) < 4.78 is 27.7. The van der Waals surface area contributed by atoms with Crippen LogP contribution in [-0.2, 0) is 0 Å². The van der Waals surface area contributed by atoms with Crippen molar-refractivity contribution < 1.29 is 8.78 Å². The fourth-order valence-corrected chi connectivity index (χ4v) is 3.77. The lowest BCUT2D eigenvalue weighted by Crippen LogP contribution is -2.25. The zero-order chi connectivity index (χ0) is 21.2. The molecule has 0 bridgehead atoms. The molecular weight excluding hydrogens is 402 g/mol. The molecule has 0 radical (unpaired) electrons. The number of aromatic nitrogens is 6. The fraction of sp³-hybridized carbons (Fsp3) is 0.190. The second-order valence-corrected chi connectivity index (χ2v) is 7.15. The Kier molecular flexibility index (Phi) is 4.95. The van der Waals surface area contributed by atoms with E-state index in [-0.39, 0.29) is 6.04 Å². The zero-order valence-electron chi connectivity index (χ0n) is 16.3. The molecule has 1 saturated heterocycles. The summed E-state index contributed by atoms with van der Waals surface area (Å²) in [6.45, 7) is 0.666. The summed E-state index contributed by atoms with van der Waals surface area (Å²) in [4.78, 5) is 18.8. The van der Waals surface area contributed by atoms with Crippen molar-refractivity contribution in [2.24, 2.45) is 0 Å². The molecule has 5 rings (SSSR count). The Morgan fingerprint density at radius 3 is 2.77 bits per heavy atom. The van der Waals surface area contributed by atoms with Gasteiger partial charge in [0.25, 0.3) is 0 Å². The number of aromatic amines is 1. The van der Waals surface area contributed by atoms with E-state index in [9.17, 15) is 8.78 Å². The van der Waals surface area contributed by atoms with E-state index in [4.69, 9.17) is 0 Å². The van der Waals surface area contributed by atoms with Gasteiger partial charge in [0.15, 0.2) is 5.82 Å². The largest absolute Gasteiger partial charge is 0.334 e. The van der Waals surface area contributed by atoms with Crippen molar-refractivity contribution in [2.45, 2.75) is 18.9 Å². The topological polar surface area (TPSA) is 95.5 Å². The van der Waals surface area contributed by atoms with Gasteiger partial charge in [0.1, 0.15) is 18.0 Å². The molecule has 31 heavy (non-hydrogen) atoms. The molecule has 3 aromatic heterocycles. The predicted molar refractivity (Wildman–Crippen MR) is 111 cm³/mol. The molecular formula is C21H18F2N8. The van der Waals surface area contributed by atoms with E-state index >= 15 is 0 Å². The van der Waals surface area contributed by atoms with Crippen LogP contribution in [0.2, 0.25) is 0 Å². The first-order valence-electron chi connectivity index (χ1n) is 9.81. The number of pyridine rings is 1. The van der Waals surface area contributed by atoms with Gasteiger partial charge in [-0.2, -0.15) is 10.1 Å². The third-order valence-corrected chi connectivity index (χ3v) is 5.20. The minimum atomic E-state index is -0.595. The second kappa shape index (κ2) is 8.05. The Morgan fingerprint density at radius 2 is 1.94 bits per heavy atom. The van der Waals surface area contributed by atoms with Crippen LogP contribution in [-0.4, -0.2) is 36.7 Å². The van der Waals surface area contributed by atoms with E-state index < -0.39 is 11.6 Å². The second-order valence-electron chi connectivity index (χ2n) is 7.15. The van der Waals surface area contributed by atoms with Crippen LogP contribution < -0.4 is 10.2 Å². The number of nitrogens with zero attached hydrogens (tertiary/aromatic N) is 6. The van der Waals surface area contributed by atoms with Crippen molar-refractivity contribution in [3.8, 4) is 11.3 Å². The van der Waals surface area contributed by atoms with Crippen LogP contribution in [0, 0.1) is 11.6 Å². The maximum atomic E-state index is 14.4. The molecule has 1 aromatic carbocycles. The molecule has 4 aromatic rings.